The fourth-order valence-corrected chi connectivity index (χ4v) is 2.87. The van der Waals surface area contributed by atoms with Gasteiger partial charge in [-0.2, -0.15) is 5.10 Å². The van der Waals surface area contributed by atoms with Gasteiger partial charge >= 0.3 is 0 Å². The third-order valence-corrected chi connectivity index (χ3v) is 4.50. The molecule has 2 N–H and O–H groups in total. The molecule has 6 heteroatoms. The minimum absolute atomic E-state index is 0.0265. The molecule has 2 rings (SSSR count). The molecule has 0 fully saturated rings. The molecule has 0 atom stereocenters. The molecule has 0 unspecified atom stereocenters. The fourth-order valence-electron chi connectivity index (χ4n) is 2.87. The van der Waals surface area contributed by atoms with E-state index in [-0.39, 0.29) is 27.7 Å². The van der Waals surface area contributed by atoms with Gasteiger partial charge in [0, 0.05) is 24.4 Å². The van der Waals surface area contributed by atoms with Gasteiger partial charge in [-0.05, 0) is 40.7 Å². The third-order valence-electron chi connectivity index (χ3n) is 4.50. The molecule has 2 aromatic rings. The Bertz CT molecular complexity index is 939. The van der Waals surface area contributed by atoms with E-state index in [1.54, 1.807) is 19.3 Å². The number of nitrogens with zero attached hydrogens (tertiary/aromatic N) is 2. The molecule has 0 spiro atoms. The highest BCUT2D eigenvalue weighted by molar-refractivity contribution is 5.94. The third kappa shape index (κ3) is 4.68. The van der Waals surface area contributed by atoms with Crippen molar-refractivity contribution in [3.63, 3.8) is 0 Å². The highest BCUT2D eigenvalue weighted by Crippen LogP contribution is 2.39. The molecule has 1 aromatic carbocycles. The molecule has 0 bridgehead atoms. The molecule has 6 nitrogen and oxygen atoms in total. The first kappa shape index (κ1) is 21.4. The first-order chi connectivity index (χ1) is 12.8. The smallest absolute Gasteiger partial charge is 0.276 e. The van der Waals surface area contributed by atoms with Gasteiger partial charge in [-0.15, -0.1) is 0 Å². The highest BCUT2D eigenvalue weighted by atomic mass is 16.3. The number of hydrogen-bond donors (Lipinski definition) is 2. The Kier molecular flexibility index (Phi) is 5.83. The molecule has 0 aliphatic carbocycles. The molecule has 1 amide bonds. The summed E-state index contributed by atoms with van der Waals surface area (Å²) in [5.74, 6) is -0.280. The van der Waals surface area contributed by atoms with Gasteiger partial charge in [0.2, 0.25) is 0 Å². The van der Waals surface area contributed by atoms with Crippen molar-refractivity contribution in [3.05, 3.63) is 63.1 Å². The number of carbonyl (C=O) groups excluding carboxylic acids is 1. The molecular weight excluding hydrogens is 354 g/mol. The SMILES string of the molecule is Cn1cccc(C(=O)N/N=C\c2cc(C(C)(C)C)c(O)c(C(C)(C)C)c2)c1=O. The van der Waals surface area contributed by atoms with Crippen LogP contribution in [0.1, 0.15) is 68.6 Å². The molecule has 0 aliphatic rings. The van der Waals surface area contributed by atoms with Gasteiger partial charge in [0.05, 0.1) is 6.21 Å². The Balaban J connectivity index is 2.36. The van der Waals surface area contributed by atoms with Crippen LogP contribution in [0.25, 0.3) is 0 Å². The van der Waals surface area contributed by atoms with E-state index < -0.39 is 5.91 Å². The first-order valence-electron chi connectivity index (χ1n) is 9.19. The zero-order valence-electron chi connectivity index (χ0n) is 17.6. The summed E-state index contributed by atoms with van der Waals surface area (Å²) >= 11 is 0. The quantitative estimate of drug-likeness (QED) is 0.629. The lowest BCUT2D eigenvalue weighted by Gasteiger charge is -2.27. The molecule has 1 aromatic heterocycles. The number of aromatic hydroxyl groups is 1. The Morgan fingerprint density at radius 1 is 1.11 bits per heavy atom. The van der Waals surface area contributed by atoms with Crippen molar-refractivity contribution in [3.8, 4) is 5.75 Å². The molecule has 150 valence electrons. The van der Waals surface area contributed by atoms with Gasteiger partial charge in [-0.1, -0.05) is 41.5 Å². The number of amides is 1. The number of benzene rings is 1. The number of hydrazone groups is 1. The Morgan fingerprint density at radius 3 is 2.14 bits per heavy atom. The molecular formula is C22H29N3O3. The summed E-state index contributed by atoms with van der Waals surface area (Å²) in [5, 5.41) is 14.8. The van der Waals surface area contributed by atoms with Crippen LogP contribution in [0.15, 0.2) is 40.4 Å². The number of nitrogens with one attached hydrogen (secondary N) is 1. The van der Waals surface area contributed by atoms with Crippen LogP contribution in [-0.4, -0.2) is 21.8 Å². The normalized spacial score (nSPS) is 12.4. The van der Waals surface area contributed by atoms with Crippen molar-refractivity contribution in [2.75, 3.05) is 0 Å². The maximum atomic E-state index is 12.2. The van der Waals surface area contributed by atoms with Crippen molar-refractivity contribution in [2.45, 2.75) is 52.4 Å². The number of phenols is 1. The van der Waals surface area contributed by atoms with Crippen molar-refractivity contribution >= 4 is 12.1 Å². The Morgan fingerprint density at radius 2 is 1.64 bits per heavy atom. The van der Waals surface area contributed by atoms with Crippen molar-refractivity contribution in [1.29, 1.82) is 0 Å². The number of phenolic OH excluding ortho intramolecular Hbond substituents is 1. The lowest BCUT2D eigenvalue weighted by atomic mass is 9.78. The molecule has 0 saturated carbocycles. The van der Waals surface area contributed by atoms with E-state index in [9.17, 15) is 14.7 Å². The monoisotopic (exact) mass is 383 g/mol. The minimum atomic E-state index is -0.566. The van der Waals surface area contributed by atoms with Gasteiger partial charge in [-0.25, -0.2) is 5.43 Å². The number of pyridine rings is 1. The van der Waals surface area contributed by atoms with Crippen LogP contribution in [0.5, 0.6) is 5.75 Å². The summed E-state index contributed by atoms with van der Waals surface area (Å²) in [6.45, 7) is 12.2. The van der Waals surface area contributed by atoms with Crippen molar-refractivity contribution in [2.24, 2.45) is 12.1 Å². The van der Waals surface area contributed by atoms with Gasteiger partial charge in [0.1, 0.15) is 11.3 Å². The van der Waals surface area contributed by atoms with Gasteiger partial charge < -0.3 is 9.67 Å². The van der Waals surface area contributed by atoms with Crippen LogP contribution in [-0.2, 0) is 17.9 Å². The van der Waals surface area contributed by atoms with E-state index in [4.69, 9.17) is 0 Å². The number of rotatable bonds is 3. The molecule has 28 heavy (non-hydrogen) atoms. The van der Waals surface area contributed by atoms with Crippen molar-refractivity contribution in [1.82, 2.24) is 9.99 Å². The summed E-state index contributed by atoms with van der Waals surface area (Å²) in [6, 6.07) is 6.82. The summed E-state index contributed by atoms with van der Waals surface area (Å²) in [6.07, 6.45) is 3.11. The number of aromatic nitrogens is 1. The first-order valence-corrected chi connectivity index (χ1v) is 9.19. The van der Waals surface area contributed by atoms with Crippen LogP contribution < -0.4 is 11.0 Å². The lowest BCUT2D eigenvalue weighted by Crippen LogP contribution is -2.29. The van der Waals surface area contributed by atoms with E-state index in [0.717, 1.165) is 16.7 Å². The Hall–Kier alpha value is -2.89. The topological polar surface area (TPSA) is 83.7 Å². The van der Waals surface area contributed by atoms with Gasteiger partial charge in [0.15, 0.2) is 0 Å². The van der Waals surface area contributed by atoms with Crippen LogP contribution >= 0.6 is 0 Å². The number of aryl methyl sites for hydroxylation is 1. The van der Waals surface area contributed by atoms with E-state index in [0.29, 0.717) is 0 Å². The molecule has 0 aliphatic heterocycles. The zero-order valence-corrected chi connectivity index (χ0v) is 17.6. The van der Waals surface area contributed by atoms with Gasteiger partial charge in [0.25, 0.3) is 11.5 Å². The second-order valence-electron chi connectivity index (χ2n) is 9.00. The molecule has 0 saturated heterocycles. The zero-order chi connectivity index (χ0) is 21.3. The predicted molar refractivity (Wildman–Crippen MR) is 112 cm³/mol. The second-order valence-corrected chi connectivity index (χ2v) is 9.00. The lowest BCUT2D eigenvalue weighted by molar-refractivity contribution is 0.0953. The Labute approximate surface area is 165 Å². The number of carbonyl (C=O) groups is 1. The second kappa shape index (κ2) is 7.62. The van der Waals surface area contributed by atoms with Crippen LogP contribution in [0.4, 0.5) is 0 Å². The maximum Gasteiger partial charge on any atom is 0.276 e. The number of hydrogen-bond acceptors (Lipinski definition) is 4. The molecule has 1 heterocycles. The van der Waals surface area contributed by atoms with E-state index in [1.165, 1.54) is 16.8 Å². The van der Waals surface area contributed by atoms with Crippen LogP contribution in [0.3, 0.4) is 0 Å². The maximum absolute atomic E-state index is 12.2. The average molecular weight is 383 g/mol. The highest BCUT2D eigenvalue weighted by Gasteiger charge is 2.26. The van der Waals surface area contributed by atoms with Crippen molar-refractivity contribution < 1.29 is 9.90 Å². The molecule has 0 radical (unpaired) electrons. The summed E-state index contributed by atoms with van der Waals surface area (Å²) in [4.78, 5) is 24.2. The average Bonchev–Trinajstić information content (AvgIpc) is 2.56. The van der Waals surface area contributed by atoms with E-state index in [1.807, 2.05) is 53.7 Å². The summed E-state index contributed by atoms with van der Waals surface area (Å²) < 4.78 is 1.34. The van der Waals surface area contributed by atoms with E-state index in [2.05, 4.69) is 10.5 Å². The summed E-state index contributed by atoms with van der Waals surface area (Å²) in [5.41, 5.74) is 3.91. The van der Waals surface area contributed by atoms with Crippen LogP contribution in [0, 0.1) is 0 Å². The fraction of sp³-hybridized carbons (Fsp3) is 0.409. The van der Waals surface area contributed by atoms with Crippen LogP contribution in [0.2, 0.25) is 0 Å². The largest absolute Gasteiger partial charge is 0.507 e. The summed E-state index contributed by atoms with van der Waals surface area (Å²) in [7, 11) is 1.58. The van der Waals surface area contributed by atoms with E-state index >= 15 is 0 Å². The minimum Gasteiger partial charge on any atom is -0.507 e. The standard InChI is InChI=1S/C22H29N3O3/c1-21(2,3)16-11-14(12-17(18(16)26)22(4,5)6)13-23-24-19(27)15-9-8-10-25(7)20(15)28/h8-13,26H,1-7H3,(H,24,27)/b23-13-. The predicted octanol–water partition coefficient (Wildman–Crippen LogP) is 3.45. The van der Waals surface area contributed by atoms with Gasteiger partial charge in [-0.3, -0.25) is 9.59 Å².